The maximum absolute atomic E-state index is 13.5. The Balaban J connectivity index is 1.32. The quantitative estimate of drug-likeness (QED) is 0.388. The van der Waals surface area contributed by atoms with Crippen LogP contribution in [0.1, 0.15) is 33.1 Å². The molecular formula is C26H23N5O. The zero-order chi connectivity index (χ0) is 21.8. The number of nitrogens with one attached hydrogen (secondary N) is 2. The van der Waals surface area contributed by atoms with E-state index >= 15 is 0 Å². The lowest BCUT2D eigenvalue weighted by Crippen LogP contribution is -2.30. The van der Waals surface area contributed by atoms with Gasteiger partial charge in [0.25, 0.3) is 0 Å². The van der Waals surface area contributed by atoms with Crippen LogP contribution in [-0.4, -0.2) is 29.8 Å². The molecule has 0 bridgehead atoms. The number of amidine groups is 1. The second kappa shape index (κ2) is 9.08. The van der Waals surface area contributed by atoms with Gasteiger partial charge in [-0.25, -0.2) is 4.99 Å². The third-order valence-electron chi connectivity index (χ3n) is 5.67. The van der Waals surface area contributed by atoms with E-state index in [4.69, 9.17) is 0 Å². The monoisotopic (exact) mass is 421 g/mol. The van der Waals surface area contributed by atoms with Gasteiger partial charge in [0.2, 0.25) is 0 Å². The fourth-order valence-electron chi connectivity index (χ4n) is 4.00. The number of carbonyl (C=O) groups excluding carboxylic acids is 1. The molecule has 0 amide bonds. The molecule has 2 N–H and O–H groups in total. The average molecular weight is 422 g/mol. The van der Waals surface area contributed by atoms with Crippen LogP contribution < -0.4 is 5.32 Å². The molecule has 0 aliphatic carbocycles. The number of ketones is 1. The number of benzene rings is 3. The molecule has 3 aromatic carbocycles. The average Bonchev–Trinajstić information content (AvgIpc) is 3.53. The largest absolute Gasteiger partial charge is 0.360 e. The van der Waals surface area contributed by atoms with Gasteiger partial charge >= 0.3 is 0 Å². The van der Waals surface area contributed by atoms with Crippen LogP contribution in [0.3, 0.4) is 0 Å². The van der Waals surface area contributed by atoms with E-state index in [0.29, 0.717) is 24.6 Å². The number of nitrogens with zero attached hydrogens (tertiary/aromatic N) is 3. The van der Waals surface area contributed by atoms with Crippen molar-refractivity contribution in [3.05, 3.63) is 107 Å². The molecule has 6 nitrogen and oxygen atoms in total. The predicted molar refractivity (Wildman–Crippen MR) is 126 cm³/mol. The Morgan fingerprint density at radius 2 is 1.75 bits per heavy atom. The summed E-state index contributed by atoms with van der Waals surface area (Å²) < 4.78 is 0. The fourth-order valence-corrected chi connectivity index (χ4v) is 4.00. The van der Waals surface area contributed by atoms with Crippen molar-refractivity contribution >= 4 is 22.5 Å². The van der Waals surface area contributed by atoms with Gasteiger partial charge in [-0.1, -0.05) is 72.8 Å². The molecule has 0 saturated carbocycles. The zero-order valence-corrected chi connectivity index (χ0v) is 17.5. The van der Waals surface area contributed by atoms with E-state index in [1.54, 1.807) is 0 Å². The van der Waals surface area contributed by atoms with Gasteiger partial charge in [-0.05, 0) is 23.6 Å². The van der Waals surface area contributed by atoms with Crippen LogP contribution >= 0.6 is 0 Å². The molecule has 4 aromatic rings. The Kier molecular flexibility index (Phi) is 5.68. The Hall–Kier alpha value is -3.90. The number of carbonyl (C=O) groups is 1. The predicted octanol–water partition coefficient (Wildman–Crippen LogP) is 5.09. The van der Waals surface area contributed by atoms with Gasteiger partial charge in [0, 0.05) is 34.8 Å². The van der Waals surface area contributed by atoms with Crippen molar-refractivity contribution in [2.75, 3.05) is 13.2 Å². The fraction of sp³-hybridized carbons (Fsp3) is 0.154. The van der Waals surface area contributed by atoms with Crippen LogP contribution in [0.15, 0.2) is 100 Å². The van der Waals surface area contributed by atoms with Gasteiger partial charge in [-0.15, -0.1) is 5.11 Å². The molecule has 2 heterocycles. The molecule has 1 aliphatic rings. The maximum atomic E-state index is 13.5. The molecule has 6 heteroatoms. The number of aliphatic imine (C=N–C) groups is 1. The summed E-state index contributed by atoms with van der Waals surface area (Å²) in [7, 11) is 0. The smallest absolute Gasteiger partial charge is 0.186 e. The van der Waals surface area contributed by atoms with Gasteiger partial charge in [-0.2, -0.15) is 5.11 Å². The Morgan fingerprint density at radius 1 is 0.969 bits per heavy atom. The lowest BCUT2D eigenvalue weighted by atomic mass is 9.96. The molecule has 158 valence electrons. The first-order valence-electron chi connectivity index (χ1n) is 10.7. The summed E-state index contributed by atoms with van der Waals surface area (Å²) in [6, 6.07) is 25.6. The number of rotatable bonds is 8. The zero-order valence-electron chi connectivity index (χ0n) is 17.5. The number of aromatic amines is 1. The summed E-state index contributed by atoms with van der Waals surface area (Å²) in [5.74, 6) is 0.747. The van der Waals surface area contributed by atoms with Gasteiger partial charge in [-0.3, -0.25) is 4.79 Å². The van der Waals surface area contributed by atoms with E-state index in [2.05, 4.69) is 37.7 Å². The lowest BCUT2D eigenvalue weighted by Gasteiger charge is -2.18. The van der Waals surface area contributed by atoms with E-state index in [-0.39, 0.29) is 5.78 Å². The molecule has 1 aromatic heterocycles. The Labute approximate surface area is 186 Å². The van der Waals surface area contributed by atoms with Crippen molar-refractivity contribution in [1.82, 2.24) is 10.3 Å². The summed E-state index contributed by atoms with van der Waals surface area (Å²) in [6.07, 6.45) is 2.62. The molecule has 1 aliphatic heterocycles. The van der Waals surface area contributed by atoms with Crippen LogP contribution in [0, 0.1) is 0 Å². The highest BCUT2D eigenvalue weighted by Crippen LogP contribution is 2.25. The van der Waals surface area contributed by atoms with Gasteiger partial charge < -0.3 is 10.3 Å². The lowest BCUT2D eigenvalue weighted by molar-refractivity contribution is 0.0945. The molecule has 5 rings (SSSR count). The Morgan fingerprint density at radius 3 is 2.53 bits per heavy atom. The topological polar surface area (TPSA) is 82.0 Å². The number of hydrogen-bond acceptors (Lipinski definition) is 5. The molecule has 0 radical (unpaired) electrons. The van der Waals surface area contributed by atoms with E-state index in [0.717, 1.165) is 28.5 Å². The highest BCUT2D eigenvalue weighted by Gasteiger charge is 2.23. The minimum atomic E-state index is -0.414. The van der Waals surface area contributed by atoms with Crippen LogP contribution in [0.2, 0.25) is 0 Å². The van der Waals surface area contributed by atoms with Crippen molar-refractivity contribution < 1.29 is 4.79 Å². The van der Waals surface area contributed by atoms with E-state index < -0.39 is 6.04 Å². The molecule has 0 spiro atoms. The number of hydrogen-bond donors (Lipinski definition) is 2. The summed E-state index contributed by atoms with van der Waals surface area (Å²) >= 11 is 0. The van der Waals surface area contributed by atoms with Crippen molar-refractivity contribution in [3.63, 3.8) is 0 Å². The number of azo groups is 1. The molecule has 1 atom stereocenters. The van der Waals surface area contributed by atoms with Gasteiger partial charge in [0.1, 0.15) is 0 Å². The van der Waals surface area contributed by atoms with E-state index in [9.17, 15) is 4.79 Å². The second-order valence-corrected chi connectivity index (χ2v) is 7.72. The SMILES string of the molecule is O=C(c1c[nH]c2ccccc12)[C@H](NCCc1ccc(C2=NCN=N2)cc1)c1ccccc1. The first kappa shape index (κ1) is 20.0. The molecule has 0 fully saturated rings. The second-order valence-electron chi connectivity index (χ2n) is 7.72. The third kappa shape index (κ3) is 4.13. The summed E-state index contributed by atoms with van der Waals surface area (Å²) in [5.41, 5.74) is 4.79. The van der Waals surface area contributed by atoms with Crippen molar-refractivity contribution in [1.29, 1.82) is 0 Å². The molecule has 32 heavy (non-hydrogen) atoms. The van der Waals surface area contributed by atoms with Crippen LogP contribution in [-0.2, 0) is 6.42 Å². The number of H-pyrrole nitrogens is 1. The molecular weight excluding hydrogens is 398 g/mol. The standard InChI is InChI=1S/C26H23N5O/c32-25(22-16-28-23-9-5-4-8-21(22)23)24(19-6-2-1-3-7-19)27-15-14-18-10-12-20(13-11-18)26-29-17-30-31-26/h1-13,16,24,27-28H,14-15,17H2/t24-/m1/s1. The van der Waals surface area contributed by atoms with E-state index in [1.165, 1.54) is 5.56 Å². The minimum absolute atomic E-state index is 0.0635. The number of Topliss-reactive ketones (excluding diaryl/α,β-unsaturated/α-hetero) is 1. The van der Waals surface area contributed by atoms with Gasteiger partial charge in [0.05, 0.1) is 6.04 Å². The highest BCUT2D eigenvalue weighted by atomic mass is 16.1. The number of aromatic nitrogens is 1. The Bertz CT molecular complexity index is 1290. The summed E-state index contributed by atoms with van der Waals surface area (Å²) in [5, 5.41) is 12.4. The molecule has 0 saturated heterocycles. The summed E-state index contributed by atoms with van der Waals surface area (Å²) in [4.78, 5) is 21.0. The maximum Gasteiger partial charge on any atom is 0.186 e. The van der Waals surface area contributed by atoms with Crippen LogP contribution in [0.25, 0.3) is 10.9 Å². The summed E-state index contributed by atoms with van der Waals surface area (Å²) in [6.45, 7) is 1.08. The van der Waals surface area contributed by atoms with E-state index in [1.807, 2.05) is 72.9 Å². The van der Waals surface area contributed by atoms with Gasteiger partial charge in [0.15, 0.2) is 18.3 Å². The van der Waals surface area contributed by atoms with Crippen molar-refractivity contribution in [2.24, 2.45) is 15.2 Å². The number of para-hydroxylation sites is 1. The third-order valence-corrected chi connectivity index (χ3v) is 5.67. The number of fused-ring (bicyclic) bond motifs is 1. The van der Waals surface area contributed by atoms with Crippen molar-refractivity contribution in [3.8, 4) is 0 Å². The molecule has 0 unspecified atom stereocenters. The van der Waals surface area contributed by atoms with Crippen LogP contribution in [0.4, 0.5) is 0 Å². The van der Waals surface area contributed by atoms with Crippen LogP contribution in [0.5, 0.6) is 0 Å². The normalized spacial score (nSPS) is 13.9. The first-order chi connectivity index (χ1) is 15.8. The van der Waals surface area contributed by atoms with Crippen molar-refractivity contribution in [2.45, 2.75) is 12.5 Å². The minimum Gasteiger partial charge on any atom is -0.360 e. The highest BCUT2D eigenvalue weighted by molar-refractivity contribution is 6.10. The first-order valence-corrected chi connectivity index (χ1v) is 10.7.